The van der Waals surface area contributed by atoms with Crippen molar-refractivity contribution in [3.8, 4) is 0 Å². The van der Waals surface area contributed by atoms with E-state index in [0.717, 1.165) is 18.2 Å². The van der Waals surface area contributed by atoms with E-state index in [4.69, 9.17) is 0 Å². The molecule has 0 aliphatic heterocycles. The zero-order chi connectivity index (χ0) is 13.9. The Morgan fingerprint density at radius 2 is 1.94 bits per heavy atom. The minimum atomic E-state index is -0.632. The molecule has 0 fully saturated rings. The van der Waals surface area contributed by atoms with Crippen molar-refractivity contribution in [2.45, 2.75) is 26.3 Å². The Balaban J connectivity index is 2.92. The number of benzene rings is 1. The van der Waals surface area contributed by atoms with Crippen molar-refractivity contribution in [1.82, 2.24) is 4.90 Å². The Bertz CT molecular complexity index is 474. The van der Waals surface area contributed by atoms with Gasteiger partial charge >= 0.3 is 0 Å². The summed E-state index contributed by atoms with van der Waals surface area (Å²) in [7, 11) is 1.46. The molecule has 0 saturated heterocycles. The fourth-order valence-corrected chi connectivity index (χ4v) is 1.60. The van der Waals surface area contributed by atoms with Gasteiger partial charge in [0.1, 0.15) is 17.4 Å². The third-order valence-electron chi connectivity index (χ3n) is 2.78. The van der Waals surface area contributed by atoms with Gasteiger partial charge in [-0.3, -0.25) is 9.59 Å². The standard InChI is InChI=1S/C13H15F2NO2/c1-8(17)6-13(18)16(3)9(2)11-7-10(14)4-5-12(11)15/h4-5,7,9H,6H2,1-3H3. The summed E-state index contributed by atoms with van der Waals surface area (Å²) in [6.07, 6.45) is -0.238. The maximum atomic E-state index is 13.5. The predicted octanol–water partition coefficient (Wildman–Crippen LogP) is 2.46. The molecule has 3 nitrogen and oxygen atoms in total. The first kappa shape index (κ1) is 14.3. The average molecular weight is 255 g/mol. The van der Waals surface area contributed by atoms with Crippen LogP contribution < -0.4 is 0 Å². The summed E-state index contributed by atoms with van der Waals surface area (Å²) < 4.78 is 26.6. The number of carbonyl (C=O) groups excluding carboxylic acids is 2. The highest BCUT2D eigenvalue weighted by Crippen LogP contribution is 2.23. The summed E-state index contributed by atoms with van der Waals surface area (Å²) in [4.78, 5) is 23.7. The quantitative estimate of drug-likeness (QED) is 0.775. The number of ketones is 1. The van der Waals surface area contributed by atoms with E-state index in [1.165, 1.54) is 18.9 Å². The second kappa shape index (κ2) is 5.71. The van der Waals surface area contributed by atoms with Crippen LogP contribution in [0.2, 0.25) is 0 Å². The Morgan fingerprint density at radius 1 is 1.33 bits per heavy atom. The van der Waals surface area contributed by atoms with Gasteiger partial charge in [0.2, 0.25) is 5.91 Å². The second-order valence-electron chi connectivity index (χ2n) is 4.23. The maximum absolute atomic E-state index is 13.5. The molecule has 1 atom stereocenters. The van der Waals surface area contributed by atoms with Crippen molar-refractivity contribution in [1.29, 1.82) is 0 Å². The number of amides is 1. The number of rotatable bonds is 4. The maximum Gasteiger partial charge on any atom is 0.230 e. The first-order valence-electron chi connectivity index (χ1n) is 5.53. The first-order chi connectivity index (χ1) is 8.32. The smallest absolute Gasteiger partial charge is 0.230 e. The van der Waals surface area contributed by atoms with Crippen LogP contribution in [-0.4, -0.2) is 23.6 Å². The Labute approximate surface area is 104 Å². The van der Waals surface area contributed by atoms with Gasteiger partial charge in [-0.05, 0) is 32.0 Å². The first-order valence-corrected chi connectivity index (χ1v) is 5.53. The van der Waals surface area contributed by atoms with E-state index in [2.05, 4.69) is 0 Å². The lowest BCUT2D eigenvalue weighted by Gasteiger charge is -2.25. The van der Waals surface area contributed by atoms with Crippen molar-refractivity contribution >= 4 is 11.7 Å². The van der Waals surface area contributed by atoms with E-state index >= 15 is 0 Å². The van der Waals surface area contributed by atoms with E-state index in [-0.39, 0.29) is 17.8 Å². The zero-order valence-electron chi connectivity index (χ0n) is 10.5. The summed E-state index contributed by atoms with van der Waals surface area (Å²) in [6, 6.07) is 2.46. The Kier molecular flexibility index (Phi) is 4.53. The van der Waals surface area contributed by atoms with Crippen LogP contribution in [0.25, 0.3) is 0 Å². The van der Waals surface area contributed by atoms with Crippen LogP contribution in [0.5, 0.6) is 0 Å². The fraction of sp³-hybridized carbons (Fsp3) is 0.385. The van der Waals surface area contributed by atoms with Crippen LogP contribution in [0, 0.1) is 11.6 Å². The number of nitrogens with zero attached hydrogens (tertiary/aromatic N) is 1. The molecular weight excluding hydrogens is 240 g/mol. The number of hydrogen-bond donors (Lipinski definition) is 0. The number of carbonyl (C=O) groups is 2. The van der Waals surface area contributed by atoms with Gasteiger partial charge in [0, 0.05) is 12.6 Å². The average Bonchev–Trinajstić information content (AvgIpc) is 2.29. The third kappa shape index (κ3) is 3.35. The lowest BCUT2D eigenvalue weighted by molar-refractivity contribution is -0.135. The van der Waals surface area contributed by atoms with Gasteiger partial charge in [0.25, 0.3) is 0 Å². The van der Waals surface area contributed by atoms with Gasteiger partial charge in [0.15, 0.2) is 0 Å². The lowest BCUT2D eigenvalue weighted by Crippen LogP contribution is -2.31. The van der Waals surface area contributed by atoms with E-state index < -0.39 is 23.6 Å². The van der Waals surface area contributed by atoms with Crippen LogP contribution in [-0.2, 0) is 9.59 Å². The van der Waals surface area contributed by atoms with E-state index in [0.29, 0.717) is 0 Å². The predicted molar refractivity (Wildman–Crippen MR) is 62.8 cm³/mol. The molecular formula is C13H15F2NO2. The number of Topliss-reactive ketones (excluding diaryl/α,β-unsaturated/α-hetero) is 1. The molecule has 0 bridgehead atoms. The van der Waals surface area contributed by atoms with Gasteiger partial charge in [-0.25, -0.2) is 8.78 Å². The van der Waals surface area contributed by atoms with Gasteiger partial charge in [0.05, 0.1) is 12.5 Å². The van der Waals surface area contributed by atoms with E-state index in [1.807, 2.05) is 0 Å². The monoisotopic (exact) mass is 255 g/mol. The highest BCUT2D eigenvalue weighted by molar-refractivity contribution is 5.96. The fourth-order valence-electron chi connectivity index (χ4n) is 1.60. The summed E-state index contributed by atoms with van der Waals surface area (Å²) in [5.74, 6) is -1.82. The van der Waals surface area contributed by atoms with Crippen molar-refractivity contribution in [2.24, 2.45) is 0 Å². The van der Waals surface area contributed by atoms with Crippen LogP contribution >= 0.6 is 0 Å². The van der Waals surface area contributed by atoms with Crippen LogP contribution in [0.1, 0.15) is 31.9 Å². The lowest BCUT2D eigenvalue weighted by atomic mass is 10.1. The molecule has 98 valence electrons. The van der Waals surface area contributed by atoms with Crippen LogP contribution in [0.15, 0.2) is 18.2 Å². The summed E-state index contributed by atoms with van der Waals surface area (Å²) in [5, 5.41) is 0. The Morgan fingerprint density at radius 3 is 2.50 bits per heavy atom. The molecule has 0 aliphatic rings. The molecule has 5 heteroatoms. The van der Waals surface area contributed by atoms with E-state index in [1.54, 1.807) is 6.92 Å². The molecule has 1 amide bonds. The molecule has 1 aromatic rings. The molecule has 0 heterocycles. The zero-order valence-corrected chi connectivity index (χ0v) is 10.5. The number of hydrogen-bond acceptors (Lipinski definition) is 2. The van der Waals surface area contributed by atoms with Crippen molar-refractivity contribution in [2.75, 3.05) is 7.05 Å². The van der Waals surface area contributed by atoms with Crippen molar-refractivity contribution in [3.05, 3.63) is 35.4 Å². The highest BCUT2D eigenvalue weighted by Gasteiger charge is 2.21. The van der Waals surface area contributed by atoms with Crippen molar-refractivity contribution in [3.63, 3.8) is 0 Å². The van der Waals surface area contributed by atoms with Crippen LogP contribution in [0.4, 0.5) is 8.78 Å². The number of halogens is 2. The molecule has 0 N–H and O–H groups in total. The third-order valence-corrected chi connectivity index (χ3v) is 2.78. The largest absolute Gasteiger partial charge is 0.339 e. The SMILES string of the molecule is CC(=O)CC(=O)N(C)C(C)c1cc(F)ccc1F. The van der Waals surface area contributed by atoms with E-state index in [9.17, 15) is 18.4 Å². The van der Waals surface area contributed by atoms with Gasteiger partial charge in [-0.15, -0.1) is 0 Å². The summed E-state index contributed by atoms with van der Waals surface area (Å²) in [5.41, 5.74) is 0.0920. The summed E-state index contributed by atoms with van der Waals surface area (Å²) >= 11 is 0. The second-order valence-corrected chi connectivity index (χ2v) is 4.23. The molecule has 18 heavy (non-hydrogen) atoms. The molecule has 0 spiro atoms. The molecule has 0 radical (unpaired) electrons. The minimum Gasteiger partial charge on any atom is -0.339 e. The molecule has 0 aliphatic carbocycles. The molecule has 0 aromatic heterocycles. The minimum absolute atomic E-state index is 0.0920. The van der Waals surface area contributed by atoms with Gasteiger partial charge in [-0.2, -0.15) is 0 Å². The summed E-state index contributed by atoms with van der Waals surface area (Å²) in [6.45, 7) is 2.88. The Hall–Kier alpha value is -1.78. The highest BCUT2D eigenvalue weighted by atomic mass is 19.1. The molecule has 1 unspecified atom stereocenters. The normalized spacial score (nSPS) is 12.1. The topological polar surface area (TPSA) is 37.4 Å². The van der Waals surface area contributed by atoms with Crippen molar-refractivity contribution < 1.29 is 18.4 Å². The van der Waals surface area contributed by atoms with Gasteiger partial charge < -0.3 is 4.90 Å². The molecule has 1 rings (SSSR count). The molecule has 1 aromatic carbocycles. The molecule has 0 saturated carbocycles. The van der Waals surface area contributed by atoms with Crippen LogP contribution in [0.3, 0.4) is 0 Å². The van der Waals surface area contributed by atoms with Gasteiger partial charge in [-0.1, -0.05) is 0 Å².